The molecule has 3 N–H and O–H groups in total. The highest BCUT2D eigenvalue weighted by molar-refractivity contribution is 7.89. The van der Waals surface area contributed by atoms with E-state index in [-0.39, 0.29) is 11.0 Å². The predicted octanol–water partition coefficient (Wildman–Crippen LogP) is 0.402. The Morgan fingerprint density at radius 1 is 1.47 bits per heavy atom. The number of anilines is 2. The average molecular weight is 285 g/mol. The molecule has 0 radical (unpaired) electrons. The van der Waals surface area contributed by atoms with Crippen molar-refractivity contribution in [3.63, 3.8) is 0 Å². The van der Waals surface area contributed by atoms with Gasteiger partial charge in [-0.05, 0) is 31.7 Å². The summed E-state index contributed by atoms with van der Waals surface area (Å²) < 4.78 is 31.0. The maximum Gasteiger partial charge on any atom is 0.240 e. The van der Waals surface area contributed by atoms with Gasteiger partial charge in [-0.1, -0.05) is 0 Å². The fourth-order valence-electron chi connectivity index (χ4n) is 2.24. The van der Waals surface area contributed by atoms with Crippen molar-refractivity contribution in [3.05, 3.63) is 18.2 Å². The van der Waals surface area contributed by atoms with E-state index < -0.39 is 10.0 Å². The summed E-state index contributed by atoms with van der Waals surface area (Å²) in [5, 5.41) is 0. The molecular formula is C12H19N3O3S. The van der Waals surface area contributed by atoms with Gasteiger partial charge in [0.2, 0.25) is 10.0 Å². The van der Waals surface area contributed by atoms with E-state index in [1.54, 1.807) is 19.2 Å². The molecule has 0 aromatic heterocycles. The van der Waals surface area contributed by atoms with Crippen molar-refractivity contribution in [3.8, 4) is 0 Å². The lowest BCUT2D eigenvalue weighted by Gasteiger charge is -2.20. The number of rotatable bonds is 4. The zero-order valence-corrected chi connectivity index (χ0v) is 11.9. The Labute approximate surface area is 113 Å². The van der Waals surface area contributed by atoms with Crippen LogP contribution < -0.4 is 15.4 Å². The van der Waals surface area contributed by atoms with E-state index in [1.807, 2.05) is 0 Å². The Kier molecular flexibility index (Phi) is 3.98. The molecule has 1 aromatic carbocycles. The second-order valence-corrected chi connectivity index (χ2v) is 6.41. The SMILES string of the molecule is CNS(=O)(=O)c1ccc(N2CCC(OC)C2)c(N)c1. The number of methoxy groups -OCH3 is 1. The van der Waals surface area contributed by atoms with Gasteiger partial charge in [-0.15, -0.1) is 0 Å². The summed E-state index contributed by atoms with van der Waals surface area (Å²) >= 11 is 0. The number of nitrogen functional groups attached to an aromatic ring is 1. The van der Waals surface area contributed by atoms with Crippen LogP contribution in [0.1, 0.15) is 6.42 Å². The molecule has 7 heteroatoms. The van der Waals surface area contributed by atoms with Gasteiger partial charge in [0.1, 0.15) is 0 Å². The van der Waals surface area contributed by atoms with Crippen LogP contribution >= 0.6 is 0 Å². The molecule has 1 heterocycles. The first kappa shape index (κ1) is 14.1. The van der Waals surface area contributed by atoms with Gasteiger partial charge in [0, 0.05) is 20.2 Å². The summed E-state index contributed by atoms with van der Waals surface area (Å²) in [7, 11) is -0.377. The molecule has 1 unspecified atom stereocenters. The third-order valence-corrected chi connectivity index (χ3v) is 4.81. The van der Waals surface area contributed by atoms with Crippen LogP contribution in [-0.4, -0.2) is 41.8 Å². The van der Waals surface area contributed by atoms with Gasteiger partial charge in [-0.2, -0.15) is 0 Å². The van der Waals surface area contributed by atoms with Crippen molar-refractivity contribution in [2.75, 3.05) is 37.9 Å². The number of ether oxygens (including phenoxy) is 1. The van der Waals surface area contributed by atoms with E-state index in [2.05, 4.69) is 9.62 Å². The van der Waals surface area contributed by atoms with Crippen molar-refractivity contribution in [2.45, 2.75) is 17.4 Å². The maximum absolute atomic E-state index is 11.7. The van der Waals surface area contributed by atoms with Crippen molar-refractivity contribution in [1.29, 1.82) is 0 Å². The second-order valence-electron chi connectivity index (χ2n) is 4.52. The highest BCUT2D eigenvalue weighted by atomic mass is 32.2. The first-order valence-electron chi connectivity index (χ1n) is 6.08. The molecular weight excluding hydrogens is 266 g/mol. The van der Waals surface area contributed by atoms with Crippen LogP contribution in [0.4, 0.5) is 11.4 Å². The molecule has 1 aliphatic heterocycles. The molecule has 2 rings (SSSR count). The van der Waals surface area contributed by atoms with Crippen LogP contribution in [0.5, 0.6) is 0 Å². The van der Waals surface area contributed by atoms with Crippen LogP contribution in [0.15, 0.2) is 23.1 Å². The van der Waals surface area contributed by atoms with E-state index in [0.717, 1.165) is 25.2 Å². The molecule has 106 valence electrons. The van der Waals surface area contributed by atoms with E-state index in [1.165, 1.54) is 13.1 Å². The number of hydrogen-bond donors (Lipinski definition) is 2. The summed E-state index contributed by atoms with van der Waals surface area (Å²) in [6.45, 7) is 1.64. The first-order chi connectivity index (χ1) is 8.97. The third kappa shape index (κ3) is 2.83. The van der Waals surface area contributed by atoms with Gasteiger partial charge >= 0.3 is 0 Å². The van der Waals surface area contributed by atoms with Gasteiger partial charge in [-0.3, -0.25) is 0 Å². The van der Waals surface area contributed by atoms with E-state index >= 15 is 0 Å². The van der Waals surface area contributed by atoms with Crippen molar-refractivity contribution < 1.29 is 13.2 Å². The Balaban J connectivity index is 2.26. The molecule has 0 bridgehead atoms. The smallest absolute Gasteiger partial charge is 0.240 e. The van der Waals surface area contributed by atoms with E-state index in [0.29, 0.717) is 5.69 Å². The minimum absolute atomic E-state index is 0.179. The molecule has 0 spiro atoms. The maximum atomic E-state index is 11.7. The molecule has 6 nitrogen and oxygen atoms in total. The van der Waals surface area contributed by atoms with Crippen LogP contribution in [0, 0.1) is 0 Å². The minimum Gasteiger partial charge on any atom is -0.397 e. The van der Waals surface area contributed by atoms with Gasteiger partial charge in [0.25, 0.3) is 0 Å². The van der Waals surface area contributed by atoms with Gasteiger partial charge in [0.05, 0.1) is 22.4 Å². The predicted molar refractivity (Wildman–Crippen MR) is 74.7 cm³/mol. The van der Waals surface area contributed by atoms with Crippen LogP contribution in [0.25, 0.3) is 0 Å². The first-order valence-corrected chi connectivity index (χ1v) is 7.57. The Bertz CT molecular complexity index is 559. The van der Waals surface area contributed by atoms with Crippen molar-refractivity contribution in [1.82, 2.24) is 4.72 Å². The summed E-state index contributed by atoms with van der Waals surface area (Å²) in [5.41, 5.74) is 7.29. The molecule has 19 heavy (non-hydrogen) atoms. The molecule has 0 saturated carbocycles. The zero-order chi connectivity index (χ0) is 14.0. The molecule has 1 aliphatic rings. The summed E-state index contributed by atoms with van der Waals surface area (Å²) in [6, 6.07) is 4.80. The third-order valence-electron chi connectivity index (χ3n) is 3.40. The number of sulfonamides is 1. The topological polar surface area (TPSA) is 84.7 Å². The fraction of sp³-hybridized carbons (Fsp3) is 0.500. The Hall–Kier alpha value is -1.31. The van der Waals surface area contributed by atoms with Crippen LogP contribution in [0.2, 0.25) is 0 Å². The Morgan fingerprint density at radius 3 is 2.74 bits per heavy atom. The van der Waals surface area contributed by atoms with Crippen LogP contribution in [0.3, 0.4) is 0 Å². The monoisotopic (exact) mass is 285 g/mol. The number of benzene rings is 1. The quantitative estimate of drug-likeness (QED) is 0.782. The molecule has 1 fully saturated rings. The van der Waals surface area contributed by atoms with Crippen LogP contribution in [-0.2, 0) is 14.8 Å². The lowest BCUT2D eigenvalue weighted by molar-refractivity contribution is 0.121. The lowest BCUT2D eigenvalue weighted by atomic mass is 10.2. The summed E-state index contributed by atoms with van der Waals surface area (Å²) in [5.74, 6) is 0. The van der Waals surface area contributed by atoms with Crippen molar-refractivity contribution in [2.24, 2.45) is 0 Å². The Morgan fingerprint density at radius 2 is 2.21 bits per heavy atom. The zero-order valence-electron chi connectivity index (χ0n) is 11.1. The van der Waals surface area contributed by atoms with Gasteiger partial charge in [-0.25, -0.2) is 13.1 Å². The lowest BCUT2D eigenvalue weighted by Crippen LogP contribution is -2.24. The minimum atomic E-state index is -3.45. The van der Waals surface area contributed by atoms with E-state index in [4.69, 9.17) is 10.5 Å². The highest BCUT2D eigenvalue weighted by Gasteiger charge is 2.24. The number of nitrogens with one attached hydrogen (secondary N) is 1. The fourth-order valence-corrected chi connectivity index (χ4v) is 3.01. The highest BCUT2D eigenvalue weighted by Crippen LogP contribution is 2.29. The standard InChI is InChI=1S/C12H19N3O3S/c1-14-19(16,17)10-3-4-12(11(13)7-10)15-6-5-9(8-15)18-2/h3-4,7,9,14H,5-6,8,13H2,1-2H3. The van der Waals surface area contributed by atoms with Gasteiger partial charge in [0.15, 0.2) is 0 Å². The molecule has 1 atom stereocenters. The summed E-state index contributed by atoms with van der Waals surface area (Å²) in [4.78, 5) is 2.29. The molecule has 0 aliphatic carbocycles. The van der Waals surface area contributed by atoms with Crippen molar-refractivity contribution >= 4 is 21.4 Å². The molecule has 1 aromatic rings. The number of nitrogens with two attached hydrogens (primary N) is 1. The average Bonchev–Trinajstić information content (AvgIpc) is 2.87. The van der Waals surface area contributed by atoms with Gasteiger partial charge < -0.3 is 15.4 Å². The van der Waals surface area contributed by atoms with E-state index in [9.17, 15) is 8.42 Å². The summed E-state index contributed by atoms with van der Waals surface area (Å²) in [6.07, 6.45) is 1.16. The normalized spacial score (nSPS) is 19.9. The second kappa shape index (κ2) is 5.36. The number of nitrogens with zero attached hydrogens (tertiary/aromatic N) is 1. The molecule has 1 saturated heterocycles. The molecule has 0 amide bonds. The largest absolute Gasteiger partial charge is 0.397 e. The number of hydrogen-bond acceptors (Lipinski definition) is 5.